The highest BCUT2D eigenvalue weighted by atomic mass is 79.9. The Labute approximate surface area is 131 Å². The van der Waals surface area contributed by atoms with Gasteiger partial charge in [-0.2, -0.15) is 5.10 Å². The smallest absolute Gasteiger partial charge is 0.129 e. The van der Waals surface area contributed by atoms with Crippen molar-refractivity contribution >= 4 is 27.5 Å². The van der Waals surface area contributed by atoms with Crippen LogP contribution < -0.4 is 5.32 Å². The van der Waals surface area contributed by atoms with Crippen molar-refractivity contribution in [3.05, 3.63) is 51.0 Å². The van der Waals surface area contributed by atoms with Crippen LogP contribution in [-0.4, -0.2) is 16.8 Å². The summed E-state index contributed by atoms with van der Waals surface area (Å²) in [6, 6.07) is 4.57. The monoisotopic (exact) mass is 359 g/mol. The predicted octanol–water partition coefficient (Wildman–Crippen LogP) is 4.16. The Morgan fingerprint density at radius 2 is 2.25 bits per heavy atom. The van der Waals surface area contributed by atoms with Gasteiger partial charge in [0.25, 0.3) is 0 Å². The van der Waals surface area contributed by atoms with Gasteiger partial charge in [0.05, 0.1) is 23.0 Å². The predicted molar refractivity (Wildman–Crippen MR) is 82.5 cm³/mol. The second-order valence-corrected chi connectivity index (χ2v) is 5.72. The molecule has 0 aliphatic rings. The lowest BCUT2D eigenvalue weighted by atomic mass is 10.0. The first-order chi connectivity index (χ1) is 9.60. The molecule has 0 radical (unpaired) electrons. The maximum Gasteiger partial charge on any atom is 0.129 e. The highest BCUT2D eigenvalue weighted by Crippen LogP contribution is 2.34. The van der Waals surface area contributed by atoms with E-state index in [0.717, 1.165) is 18.7 Å². The van der Waals surface area contributed by atoms with E-state index in [0.29, 0.717) is 15.1 Å². The normalized spacial score (nSPS) is 12.7. The number of nitrogens with zero attached hydrogens (tertiary/aromatic N) is 2. The minimum absolute atomic E-state index is 0.279. The van der Waals surface area contributed by atoms with Crippen LogP contribution in [0.25, 0.3) is 0 Å². The van der Waals surface area contributed by atoms with E-state index in [2.05, 4.69) is 33.3 Å². The van der Waals surface area contributed by atoms with Crippen molar-refractivity contribution in [2.75, 3.05) is 7.05 Å². The molecule has 0 amide bonds. The van der Waals surface area contributed by atoms with Gasteiger partial charge in [0, 0.05) is 16.6 Å². The molecule has 0 bridgehead atoms. The fourth-order valence-corrected chi connectivity index (χ4v) is 3.07. The van der Waals surface area contributed by atoms with Gasteiger partial charge in [-0.3, -0.25) is 4.68 Å². The van der Waals surface area contributed by atoms with Crippen molar-refractivity contribution < 1.29 is 4.39 Å². The lowest BCUT2D eigenvalue weighted by molar-refractivity contribution is 0.515. The Morgan fingerprint density at radius 3 is 2.85 bits per heavy atom. The lowest BCUT2D eigenvalue weighted by Gasteiger charge is -2.21. The van der Waals surface area contributed by atoms with E-state index in [1.54, 1.807) is 19.3 Å². The van der Waals surface area contributed by atoms with E-state index in [4.69, 9.17) is 11.6 Å². The Morgan fingerprint density at radius 1 is 1.50 bits per heavy atom. The van der Waals surface area contributed by atoms with Crippen LogP contribution >= 0.6 is 27.5 Å². The van der Waals surface area contributed by atoms with Gasteiger partial charge in [0.1, 0.15) is 5.82 Å². The van der Waals surface area contributed by atoms with E-state index >= 15 is 0 Å². The Balaban J connectivity index is 2.55. The van der Waals surface area contributed by atoms with E-state index in [1.807, 2.05) is 10.7 Å². The van der Waals surface area contributed by atoms with Crippen molar-refractivity contribution in [3.63, 3.8) is 0 Å². The molecule has 1 aromatic heterocycles. The second kappa shape index (κ2) is 6.70. The molecule has 6 heteroatoms. The minimum atomic E-state index is -0.355. The summed E-state index contributed by atoms with van der Waals surface area (Å²) in [5.74, 6) is -0.279. The zero-order chi connectivity index (χ0) is 14.7. The molecule has 1 unspecified atom stereocenters. The third kappa shape index (κ3) is 2.90. The van der Waals surface area contributed by atoms with Gasteiger partial charge >= 0.3 is 0 Å². The van der Waals surface area contributed by atoms with Gasteiger partial charge in [0.15, 0.2) is 0 Å². The van der Waals surface area contributed by atoms with E-state index < -0.39 is 0 Å². The van der Waals surface area contributed by atoms with Crippen LogP contribution in [0.5, 0.6) is 0 Å². The molecule has 1 atom stereocenters. The molecule has 3 nitrogen and oxygen atoms in total. The topological polar surface area (TPSA) is 29.9 Å². The fourth-order valence-electron chi connectivity index (χ4n) is 2.25. The van der Waals surface area contributed by atoms with Crippen LogP contribution in [0.4, 0.5) is 4.39 Å². The quantitative estimate of drug-likeness (QED) is 0.868. The molecule has 1 N–H and O–H groups in total. The van der Waals surface area contributed by atoms with Crippen molar-refractivity contribution in [1.82, 2.24) is 15.1 Å². The van der Waals surface area contributed by atoms with Crippen LogP contribution in [0.2, 0.25) is 5.02 Å². The van der Waals surface area contributed by atoms with Gasteiger partial charge in [-0.05, 0) is 25.6 Å². The Kier molecular flexibility index (Phi) is 5.18. The zero-order valence-electron chi connectivity index (χ0n) is 11.3. The third-order valence-corrected chi connectivity index (χ3v) is 4.10. The van der Waals surface area contributed by atoms with E-state index in [-0.39, 0.29) is 11.9 Å². The number of benzene rings is 1. The summed E-state index contributed by atoms with van der Waals surface area (Å²) in [5.41, 5.74) is 1.32. The number of rotatable bonds is 5. The van der Waals surface area contributed by atoms with Crippen LogP contribution in [0.3, 0.4) is 0 Å². The molecular formula is C14H16BrClFN3. The van der Waals surface area contributed by atoms with E-state index in [9.17, 15) is 4.39 Å². The molecular weight excluding hydrogens is 345 g/mol. The maximum atomic E-state index is 14.2. The summed E-state index contributed by atoms with van der Waals surface area (Å²) in [7, 11) is 1.78. The van der Waals surface area contributed by atoms with Gasteiger partial charge in [-0.1, -0.05) is 40.5 Å². The first-order valence-corrected chi connectivity index (χ1v) is 7.59. The second-order valence-electron chi connectivity index (χ2n) is 4.46. The number of nitrogens with one attached hydrogen (secondary N) is 1. The molecule has 108 valence electrons. The number of hydrogen-bond acceptors (Lipinski definition) is 2. The largest absolute Gasteiger partial charge is 0.308 e. The Hall–Kier alpha value is -0.910. The number of aromatic nitrogens is 2. The van der Waals surface area contributed by atoms with Crippen LogP contribution in [0, 0.1) is 5.82 Å². The van der Waals surface area contributed by atoms with Gasteiger partial charge in [-0.15, -0.1) is 0 Å². The summed E-state index contributed by atoms with van der Waals surface area (Å²) >= 11 is 9.66. The molecule has 0 aliphatic heterocycles. The molecule has 0 saturated carbocycles. The molecule has 0 aliphatic carbocycles. The molecule has 20 heavy (non-hydrogen) atoms. The fraction of sp³-hybridized carbons (Fsp3) is 0.357. The highest BCUT2D eigenvalue weighted by Gasteiger charge is 2.25. The van der Waals surface area contributed by atoms with Gasteiger partial charge in [0.2, 0.25) is 0 Å². The zero-order valence-corrected chi connectivity index (χ0v) is 13.7. The summed E-state index contributed by atoms with van der Waals surface area (Å²) in [6.45, 7) is 2.80. The number of aryl methyl sites for hydroxylation is 1. The van der Waals surface area contributed by atoms with Crippen molar-refractivity contribution in [2.45, 2.75) is 25.9 Å². The van der Waals surface area contributed by atoms with Crippen LogP contribution in [-0.2, 0) is 6.54 Å². The van der Waals surface area contributed by atoms with Crippen LogP contribution in [0.1, 0.15) is 30.6 Å². The highest BCUT2D eigenvalue weighted by molar-refractivity contribution is 9.10. The average molecular weight is 361 g/mol. The maximum absolute atomic E-state index is 14.2. The molecule has 0 saturated heterocycles. The van der Waals surface area contributed by atoms with Crippen molar-refractivity contribution in [3.8, 4) is 0 Å². The summed E-state index contributed by atoms with van der Waals surface area (Å²) in [6.07, 6.45) is 2.53. The number of halogens is 3. The lowest BCUT2D eigenvalue weighted by Crippen LogP contribution is -2.23. The average Bonchev–Trinajstić information content (AvgIpc) is 2.76. The van der Waals surface area contributed by atoms with E-state index in [1.165, 1.54) is 6.07 Å². The summed E-state index contributed by atoms with van der Waals surface area (Å²) in [4.78, 5) is 0. The third-order valence-electron chi connectivity index (χ3n) is 3.12. The van der Waals surface area contributed by atoms with Gasteiger partial charge in [-0.25, -0.2) is 4.39 Å². The molecule has 2 rings (SSSR count). The Bertz CT molecular complexity index is 580. The molecule has 1 aromatic carbocycles. The molecule has 1 heterocycles. The summed E-state index contributed by atoms with van der Waals surface area (Å²) < 4.78 is 16.7. The van der Waals surface area contributed by atoms with Crippen molar-refractivity contribution in [2.24, 2.45) is 0 Å². The SMILES string of the molecule is CCCn1ncc(Cl)c1C(NC)c1c(F)cccc1Br. The standard InChI is InChI=1S/C14H16BrClFN3/c1-3-7-20-14(10(16)8-19-20)13(18-2)12-9(15)5-4-6-11(12)17/h4-6,8,13,18H,3,7H2,1-2H3. The first-order valence-electron chi connectivity index (χ1n) is 6.42. The summed E-state index contributed by atoms with van der Waals surface area (Å²) in [5, 5.41) is 7.93. The molecule has 0 spiro atoms. The number of hydrogen-bond donors (Lipinski definition) is 1. The van der Waals surface area contributed by atoms with Crippen molar-refractivity contribution in [1.29, 1.82) is 0 Å². The molecule has 2 aromatic rings. The van der Waals surface area contributed by atoms with Crippen LogP contribution in [0.15, 0.2) is 28.9 Å². The first kappa shape index (κ1) is 15.5. The van der Waals surface area contributed by atoms with Gasteiger partial charge < -0.3 is 5.32 Å². The molecule has 0 fully saturated rings. The minimum Gasteiger partial charge on any atom is -0.308 e.